The second-order valence-corrected chi connectivity index (χ2v) is 7.71. The third-order valence-electron chi connectivity index (χ3n) is 3.81. The van der Waals surface area contributed by atoms with E-state index in [1.807, 2.05) is 0 Å². The Hall–Kier alpha value is -1.15. The Balaban J connectivity index is 1.99. The van der Waals surface area contributed by atoms with Crippen LogP contribution in [0.5, 0.6) is 0 Å². The molecule has 2 aromatic heterocycles. The van der Waals surface area contributed by atoms with Gasteiger partial charge in [0.2, 0.25) is 10.0 Å². The van der Waals surface area contributed by atoms with E-state index in [1.165, 1.54) is 16.7 Å². The molecule has 0 atom stereocenters. The number of nitrogens with zero attached hydrogens (tertiary/aromatic N) is 2. The third kappa shape index (κ3) is 2.86. The number of fused-ring (bicyclic) bond motifs is 1. The van der Waals surface area contributed by atoms with Gasteiger partial charge in [-0.05, 0) is 31.7 Å². The Bertz CT molecular complexity index is 771. The van der Waals surface area contributed by atoms with Crippen LogP contribution in [0.2, 0.25) is 5.02 Å². The maximum Gasteiger partial charge on any atom is 0.245 e. The highest BCUT2D eigenvalue weighted by molar-refractivity contribution is 7.89. The number of unbranched alkanes of at least 4 members (excludes halogenated alkanes) is 1. The summed E-state index contributed by atoms with van der Waals surface area (Å²) in [6, 6.07) is 1.65. The Kier molecular flexibility index (Phi) is 4.40. The lowest BCUT2D eigenvalue weighted by Gasteiger charge is -2.21. The van der Waals surface area contributed by atoms with Gasteiger partial charge in [0.25, 0.3) is 0 Å². The smallest absolute Gasteiger partial charge is 0.245 e. The zero-order valence-corrected chi connectivity index (χ0v) is 13.6. The van der Waals surface area contributed by atoms with Gasteiger partial charge in [0.05, 0.1) is 10.4 Å². The topological polar surface area (TPSA) is 86.3 Å². The molecule has 22 heavy (non-hydrogen) atoms. The molecule has 2 heterocycles. The van der Waals surface area contributed by atoms with Crippen LogP contribution in [0.15, 0.2) is 23.4 Å². The quantitative estimate of drug-likeness (QED) is 0.754. The number of hydrogen-bond donors (Lipinski definition) is 2. The zero-order valence-electron chi connectivity index (χ0n) is 12.0. The second kappa shape index (κ2) is 6.16. The lowest BCUT2D eigenvalue weighted by Crippen LogP contribution is -2.34. The number of aromatic amines is 1. The first kappa shape index (κ1) is 15.7. The van der Waals surface area contributed by atoms with Crippen molar-refractivity contribution in [3.05, 3.63) is 23.5 Å². The molecule has 1 aliphatic rings. The highest BCUT2D eigenvalue weighted by Gasteiger charge is 2.39. The molecule has 0 radical (unpaired) electrons. The third-order valence-corrected chi connectivity index (χ3v) is 6.10. The summed E-state index contributed by atoms with van der Waals surface area (Å²) in [4.78, 5) is 7.17. The summed E-state index contributed by atoms with van der Waals surface area (Å²) in [5, 5.41) is 9.71. The van der Waals surface area contributed by atoms with Crippen LogP contribution in [-0.4, -0.2) is 47.0 Å². The predicted octanol–water partition coefficient (Wildman–Crippen LogP) is 2.14. The van der Waals surface area contributed by atoms with Gasteiger partial charge in [0.1, 0.15) is 10.5 Å². The number of halogens is 1. The maximum absolute atomic E-state index is 13.0. The molecule has 0 aromatic carbocycles. The SMILES string of the molecule is O=S(=O)(c1c[nH]c2nccc(Cl)c12)N(CCCCO)C1CC1. The molecule has 0 aliphatic heterocycles. The molecule has 0 saturated heterocycles. The van der Waals surface area contributed by atoms with Crippen LogP contribution in [0.4, 0.5) is 0 Å². The summed E-state index contributed by atoms with van der Waals surface area (Å²) in [6.07, 6.45) is 5.99. The Morgan fingerprint density at radius 3 is 2.86 bits per heavy atom. The van der Waals surface area contributed by atoms with Crippen molar-refractivity contribution in [2.24, 2.45) is 0 Å². The molecule has 2 aromatic rings. The fraction of sp³-hybridized carbons (Fsp3) is 0.500. The summed E-state index contributed by atoms with van der Waals surface area (Å²) in [6.45, 7) is 0.486. The maximum atomic E-state index is 13.0. The standard InChI is InChI=1S/C14H18ClN3O3S/c15-11-5-6-16-14-13(11)12(9-17-14)22(20,21)18(10-3-4-10)7-1-2-8-19/h5-6,9-10,19H,1-4,7-8H2,(H,16,17). The van der Waals surface area contributed by atoms with Crippen molar-refractivity contribution >= 4 is 32.7 Å². The molecule has 1 aliphatic carbocycles. The van der Waals surface area contributed by atoms with Gasteiger partial charge in [-0.1, -0.05) is 11.6 Å². The normalized spacial score (nSPS) is 15.8. The van der Waals surface area contributed by atoms with Gasteiger partial charge in [-0.15, -0.1) is 0 Å². The Labute approximate surface area is 134 Å². The van der Waals surface area contributed by atoms with E-state index >= 15 is 0 Å². The van der Waals surface area contributed by atoms with E-state index < -0.39 is 10.0 Å². The minimum Gasteiger partial charge on any atom is -0.396 e. The van der Waals surface area contributed by atoms with E-state index in [2.05, 4.69) is 9.97 Å². The number of hydrogen-bond acceptors (Lipinski definition) is 4. The van der Waals surface area contributed by atoms with Crippen LogP contribution in [0, 0.1) is 0 Å². The second-order valence-electron chi connectivity index (χ2n) is 5.45. The number of nitrogens with one attached hydrogen (secondary N) is 1. The van der Waals surface area contributed by atoms with Crippen molar-refractivity contribution in [2.75, 3.05) is 13.2 Å². The molecular formula is C14H18ClN3O3S. The molecular weight excluding hydrogens is 326 g/mol. The number of rotatable bonds is 7. The van der Waals surface area contributed by atoms with Crippen LogP contribution >= 0.6 is 11.6 Å². The van der Waals surface area contributed by atoms with Gasteiger partial charge in [0.15, 0.2) is 0 Å². The number of aromatic nitrogens is 2. The molecule has 120 valence electrons. The van der Waals surface area contributed by atoms with Gasteiger partial charge >= 0.3 is 0 Å². The molecule has 0 bridgehead atoms. The van der Waals surface area contributed by atoms with E-state index in [1.54, 1.807) is 6.07 Å². The molecule has 6 nitrogen and oxygen atoms in total. The summed E-state index contributed by atoms with van der Waals surface area (Å²) < 4.78 is 27.5. The molecule has 0 amide bonds. The molecule has 1 saturated carbocycles. The molecule has 8 heteroatoms. The lowest BCUT2D eigenvalue weighted by molar-refractivity contribution is 0.275. The highest BCUT2D eigenvalue weighted by Crippen LogP contribution is 2.36. The summed E-state index contributed by atoms with van der Waals surface area (Å²) in [5.41, 5.74) is 0.470. The number of sulfonamides is 1. The summed E-state index contributed by atoms with van der Waals surface area (Å²) in [5.74, 6) is 0. The van der Waals surface area contributed by atoms with Gasteiger partial charge in [0, 0.05) is 31.6 Å². The number of pyridine rings is 1. The summed E-state index contributed by atoms with van der Waals surface area (Å²) >= 11 is 6.16. The van der Waals surface area contributed by atoms with Crippen LogP contribution in [-0.2, 0) is 10.0 Å². The van der Waals surface area contributed by atoms with Crippen LogP contribution in [0.1, 0.15) is 25.7 Å². The number of aliphatic hydroxyl groups is 1. The van der Waals surface area contributed by atoms with Crippen molar-refractivity contribution in [1.29, 1.82) is 0 Å². The molecule has 0 spiro atoms. The van der Waals surface area contributed by atoms with Crippen LogP contribution < -0.4 is 0 Å². The minimum absolute atomic E-state index is 0.0593. The van der Waals surface area contributed by atoms with Crippen molar-refractivity contribution in [3.63, 3.8) is 0 Å². The minimum atomic E-state index is -3.63. The molecule has 1 fully saturated rings. The van der Waals surface area contributed by atoms with Crippen LogP contribution in [0.3, 0.4) is 0 Å². The van der Waals surface area contributed by atoms with Crippen molar-refractivity contribution in [3.8, 4) is 0 Å². The molecule has 2 N–H and O–H groups in total. The fourth-order valence-corrected chi connectivity index (χ4v) is 4.76. The van der Waals surface area contributed by atoms with Gasteiger partial charge in [-0.25, -0.2) is 13.4 Å². The van der Waals surface area contributed by atoms with E-state index in [4.69, 9.17) is 16.7 Å². The zero-order chi connectivity index (χ0) is 15.7. The van der Waals surface area contributed by atoms with Crippen LogP contribution in [0.25, 0.3) is 11.0 Å². The van der Waals surface area contributed by atoms with E-state index in [-0.39, 0.29) is 17.5 Å². The first-order valence-electron chi connectivity index (χ1n) is 7.30. The van der Waals surface area contributed by atoms with Crippen molar-refractivity contribution in [1.82, 2.24) is 14.3 Å². The van der Waals surface area contributed by atoms with Crippen molar-refractivity contribution < 1.29 is 13.5 Å². The molecule has 0 unspecified atom stereocenters. The fourth-order valence-electron chi connectivity index (χ4n) is 2.56. The lowest BCUT2D eigenvalue weighted by atomic mass is 10.3. The average Bonchev–Trinajstić information content (AvgIpc) is 3.21. The monoisotopic (exact) mass is 343 g/mol. The van der Waals surface area contributed by atoms with E-state index in [0.29, 0.717) is 35.4 Å². The first-order valence-corrected chi connectivity index (χ1v) is 9.12. The largest absolute Gasteiger partial charge is 0.396 e. The van der Waals surface area contributed by atoms with Gasteiger partial charge in [-0.3, -0.25) is 0 Å². The van der Waals surface area contributed by atoms with Crippen molar-refractivity contribution in [2.45, 2.75) is 36.6 Å². The highest BCUT2D eigenvalue weighted by atomic mass is 35.5. The summed E-state index contributed by atoms with van der Waals surface area (Å²) in [7, 11) is -3.63. The Morgan fingerprint density at radius 2 is 2.18 bits per heavy atom. The van der Waals surface area contributed by atoms with E-state index in [0.717, 1.165) is 12.8 Å². The molecule has 3 rings (SSSR count). The predicted molar refractivity (Wildman–Crippen MR) is 84.3 cm³/mol. The first-order chi connectivity index (χ1) is 10.6. The number of aliphatic hydroxyl groups excluding tert-OH is 1. The van der Waals surface area contributed by atoms with Gasteiger partial charge in [-0.2, -0.15) is 4.31 Å². The number of H-pyrrole nitrogens is 1. The van der Waals surface area contributed by atoms with E-state index in [9.17, 15) is 8.42 Å². The average molecular weight is 344 g/mol. The van der Waals surface area contributed by atoms with Gasteiger partial charge < -0.3 is 10.1 Å². The Morgan fingerprint density at radius 1 is 1.41 bits per heavy atom.